The first-order valence-corrected chi connectivity index (χ1v) is 5.26. The van der Waals surface area contributed by atoms with Crippen LogP contribution < -0.4 is 4.74 Å². The Balaban J connectivity index is 2.99. The highest BCUT2D eigenvalue weighted by Crippen LogP contribution is 2.37. The van der Waals surface area contributed by atoms with E-state index in [-0.39, 0.29) is 10.6 Å². The van der Waals surface area contributed by atoms with E-state index in [0.717, 1.165) is 10.6 Å². The fourth-order valence-electron chi connectivity index (χ4n) is 1.06. The van der Waals surface area contributed by atoms with Crippen molar-refractivity contribution in [3.05, 3.63) is 24.0 Å². The minimum Gasteiger partial charge on any atom is -0.496 e. The molecule has 0 unspecified atom stereocenters. The smallest absolute Gasteiger partial charge is 0.132 e. The number of methoxy groups -OCH3 is 1. The molecule has 78 valence electrons. The third-order valence-corrected chi connectivity index (χ3v) is 2.69. The van der Waals surface area contributed by atoms with Crippen LogP contribution in [0.2, 0.25) is 0 Å². The summed E-state index contributed by atoms with van der Waals surface area (Å²) in [5.74, 6) is 0.504. The lowest BCUT2D eigenvalue weighted by atomic mass is 10.3. The molecule has 0 bridgehead atoms. The SMILES string of the molecule is COc1ccc(F)cc1SC(C)(C)C. The van der Waals surface area contributed by atoms with Gasteiger partial charge in [-0.1, -0.05) is 20.8 Å². The van der Waals surface area contributed by atoms with E-state index in [1.54, 1.807) is 24.9 Å². The maximum atomic E-state index is 13.0. The van der Waals surface area contributed by atoms with Gasteiger partial charge in [0, 0.05) is 4.75 Å². The summed E-state index contributed by atoms with van der Waals surface area (Å²) in [6, 6.07) is 4.57. The normalized spacial score (nSPS) is 11.5. The summed E-state index contributed by atoms with van der Waals surface area (Å²) in [5.41, 5.74) is 0. The van der Waals surface area contributed by atoms with Crippen molar-refractivity contribution < 1.29 is 9.13 Å². The van der Waals surface area contributed by atoms with Crippen LogP contribution in [0.5, 0.6) is 5.75 Å². The summed E-state index contributed by atoms with van der Waals surface area (Å²) >= 11 is 1.60. The lowest BCUT2D eigenvalue weighted by molar-refractivity contribution is 0.403. The topological polar surface area (TPSA) is 9.23 Å². The van der Waals surface area contributed by atoms with Crippen molar-refractivity contribution in [2.75, 3.05) is 7.11 Å². The van der Waals surface area contributed by atoms with Gasteiger partial charge in [-0.25, -0.2) is 4.39 Å². The molecule has 0 aliphatic rings. The van der Waals surface area contributed by atoms with Crippen molar-refractivity contribution in [2.24, 2.45) is 0 Å². The predicted molar refractivity (Wildman–Crippen MR) is 58.6 cm³/mol. The molecule has 0 saturated carbocycles. The summed E-state index contributed by atoms with van der Waals surface area (Å²) < 4.78 is 18.2. The molecule has 0 saturated heterocycles. The van der Waals surface area contributed by atoms with Crippen molar-refractivity contribution in [3.63, 3.8) is 0 Å². The third-order valence-electron chi connectivity index (χ3n) is 1.54. The van der Waals surface area contributed by atoms with Crippen molar-refractivity contribution in [2.45, 2.75) is 30.4 Å². The van der Waals surface area contributed by atoms with Crippen LogP contribution in [0.1, 0.15) is 20.8 Å². The third kappa shape index (κ3) is 3.22. The predicted octanol–water partition coefficient (Wildman–Crippen LogP) is 3.72. The molecule has 1 rings (SSSR count). The number of hydrogen-bond acceptors (Lipinski definition) is 2. The van der Waals surface area contributed by atoms with Gasteiger partial charge in [0.2, 0.25) is 0 Å². The molecule has 0 N–H and O–H groups in total. The second kappa shape index (κ2) is 4.22. The monoisotopic (exact) mass is 214 g/mol. The fraction of sp³-hybridized carbons (Fsp3) is 0.455. The molecule has 0 heterocycles. The molecule has 1 nitrogen and oxygen atoms in total. The van der Waals surface area contributed by atoms with Gasteiger partial charge in [-0.05, 0) is 18.2 Å². The van der Waals surface area contributed by atoms with Gasteiger partial charge < -0.3 is 4.74 Å². The number of thioether (sulfide) groups is 1. The van der Waals surface area contributed by atoms with Crippen molar-refractivity contribution in [3.8, 4) is 5.75 Å². The molecule has 1 aromatic carbocycles. The van der Waals surface area contributed by atoms with Crippen LogP contribution in [0.3, 0.4) is 0 Å². The Hall–Kier alpha value is -0.700. The van der Waals surface area contributed by atoms with E-state index in [9.17, 15) is 4.39 Å². The van der Waals surface area contributed by atoms with E-state index in [1.165, 1.54) is 12.1 Å². The molecule has 0 aliphatic carbocycles. The number of hydrogen-bond donors (Lipinski definition) is 0. The Bertz CT molecular complexity index is 318. The van der Waals surface area contributed by atoms with Gasteiger partial charge in [-0.15, -0.1) is 11.8 Å². The first-order valence-electron chi connectivity index (χ1n) is 4.45. The minimum absolute atomic E-state index is 0.0566. The highest BCUT2D eigenvalue weighted by Gasteiger charge is 2.15. The molecule has 14 heavy (non-hydrogen) atoms. The standard InChI is InChI=1S/C11H15FOS/c1-11(2,3)14-10-7-8(12)5-6-9(10)13-4/h5-7H,1-4H3. The molecule has 3 heteroatoms. The summed E-state index contributed by atoms with van der Waals surface area (Å²) in [5, 5.41) is 0. The number of rotatable bonds is 2. The molecule has 1 aromatic rings. The van der Waals surface area contributed by atoms with Crippen LogP contribution in [0, 0.1) is 5.82 Å². The minimum atomic E-state index is -0.224. The Morgan fingerprint density at radius 2 is 1.93 bits per heavy atom. The van der Waals surface area contributed by atoms with Crippen molar-refractivity contribution >= 4 is 11.8 Å². The fourth-order valence-corrected chi connectivity index (χ4v) is 2.14. The van der Waals surface area contributed by atoms with Gasteiger partial charge in [0.25, 0.3) is 0 Å². The molecular weight excluding hydrogens is 199 g/mol. The van der Waals surface area contributed by atoms with E-state index in [0.29, 0.717) is 0 Å². The van der Waals surface area contributed by atoms with Gasteiger partial charge in [0.1, 0.15) is 11.6 Å². The highest BCUT2D eigenvalue weighted by atomic mass is 32.2. The van der Waals surface area contributed by atoms with Crippen LogP contribution in [-0.4, -0.2) is 11.9 Å². The summed E-state index contributed by atoms with van der Waals surface area (Å²) in [6.45, 7) is 6.26. The highest BCUT2D eigenvalue weighted by molar-refractivity contribution is 8.00. The van der Waals surface area contributed by atoms with E-state index < -0.39 is 0 Å². The Morgan fingerprint density at radius 3 is 2.43 bits per heavy atom. The van der Waals surface area contributed by atoms with E-state index in [2.05, 4.69) is 20.8 Å². The number of benzene rings is 1. The van der Waals surface area contributed by atoms with Gasteiger partial charge in [0.05, 0.1) is 12.0 Å². The van der Waals surface area contributed by atoms with Crippen LogP contribution >= 0.6 is 11.8 Å². The van der Waals surface area contributed by atoms with Gasteiger partial charge in [0.15, 0.2) is 0 Å². The zero-order valence-corrected chi connectivity index (χ0v) is 9.74. The molecule has 0 amide bonds. The van der Waals surface area contributed by atoms with E-state index >= 15 is 0 Å². The molecule has 0 atom stereocenters. The molecule has 0 fully saturated rings. The van der Waals surface area contributed by atoms with Crippen LogP contribution in [0.15, 0.2) is 23.1 Å². The van der Waals surface area contributed by atoms with Crippen molar-refractivity contribution in [1.29, 1.82) is 0 Å². The molecule has 0 aromatic heterocycles. The van der Waals surface area contributed by atoms with E-state index in [1.807, 2.05) is 0 Å². The average molecular weight is 214 g/mol. The van der Waals surface area contributed by atoms with Crippen molar-refractivity contribution in [1.82, 2.24) is 0 Å². The average Bonchev–Trinajstić information content (AvgIpc) is 2.01. The van der Waals surface area contributed by atoms with Crippen LogP contribution in [0.25, 0.3) is 0 Å². The number of ether oxygens (including phenoxy) is 1. The number of halogens is 1. The van der Waals surface area contributed by atoms with Crippen LogP contribution in [0.4, 0.5) is 4.39 Å². The first kappa shape index (κ1) is 11.4. The first-order chi connectivity index (χ1) is 6.42. The second-order valence-corrected chi connectivity index (χ2v) is 5.88. The summed E-state index contributed by atoms with van der Waals surface area (Å²) in [7, 11) is 1.60. The Morgan fingerprint density at radius 1 is 1.29 bits per heavy atom. The molecular formula is C11H15FOS. The second-order valence-electron chi connectivity index (χ2n) is 4.01. The molecule has 0 spiro atoms. The lowest BCUT2D eigenvalue weighted by Gasteiger charge is -2.19. The largest absolute Gasteiger partial charge is 0.496 e. The summed E-state index contributed by atoms with van der Waals surface area (Å²) in [4.78, 5) is 0.847. The van der Waals surface area contributed by atoms with Gasteiger partial charge >= 0.3 is 0 Å². The maximum Gasteiger partial charge on any atom is 0.132 e. The maximum absolute atomic E-state index is 13.0. The zero-order chi connectivity index (χ0) is 10.8. The summed E-state index contributed by atoms with van der Waals surface area (Å²) in [6.07, 6.45) is 0. The zero-order valence-electron chi connectivity index (χ0n) is 8.93. The van der Waals surface area contributed by atoms with Gasteiger partial charge in [-0.2, -0.15) is 0 Å². The molecule has 0 radical (unpaired) electrons. The Labute approximate surface area is 88.7 Å². The lowest BCUT2D eigenvalue weighted by Crippen LogP contribution is -2.07. The van der Waals surface area contributed by atoms with Crippen LogP contribution in [-0.2, 0) is 0 Å². The van der Waals surface area contributed by atoms with Gasteiger partial charge in [-0.3, -0.25) is 0 Å². The Kier molecular flexibility index (Phi) is 3.43. The quantitative estimate of drug-likeness (QED) is 0.694. The molecule has 0 aliphatic heterocycles. The van der Waals surface area contributed by atoms with E-state index in [4.69, 9.17) is 4.74 Å².